The van der Waals surface area contributed by atoms with Gasteiger partial charge in [-0.25, -0.2) is 9.78 Å². The molecule has 17 heavy (non-hydrogen) atoms. The molecule has 0 saturated heterocycles. The van der Waals surface area contributed by atoms with E-state index in [4.69, 9.17) is 0 Å². The van der Waals surface area contributed by atoms with Crippen LogP contribution >= 0.6 is 0 Å². The lowest BCUT2D eigenvalue weighted by atomic mass is 10.0. The maximum absolute atomic E-state index is 11.5. The van der Waals surface area contributed by atoms with E-state index in [1.54, 1.807) is 0 Å². The molecular formula is C11H16N4O2. The molecule has 2 rings (SSSR count). The number of imidazole rings is 1. The lowest BCUT2D eigenvalue weighted by molar-refractivity contribution is 0.602. The van der Waals surface area contributed by atoms with E-state index in [1.807, 2.05) is 0 Å². The van der Waals surface area contributed by atoms with E-state index in [0.29, 0.717) is 11.2 Å². The van der Waals surface area contributed by atoms with E-state index in [1.165, 1.54) is 0 Å². The Balaban J connectivity index is 2.41. The van der Waals surface area contributed by atoms with Gasteiger partial charge in [-0.15, -0.1) is 0 Å². The first-order chi connectivity index (χ1) is 8.11. The number of nitrogens with zero attached hydrogens (tertiary/aromatic N) is 1. The van der Waals surface area contributed by atoms with Crippen molar-refractivity contribution in [2.75, 3.05) is 0 Å². The highest BCUT2D eigenvalue weighted by Crippen LogP contribution is 2.19. The van der Waals surface area contributed by atoms with Gasteiger partial charge in [-0.05, 0) is 6.42 Å². The fourth-order valence-electron chi connectivity index (χ4n) is 1.83. The summed E-state index contributed by atoms with van der Waals surface area (Å²) in [6.07, 6.45) is 3.26. The van der Waals surface area contributed by atoms with Gasteiger partial charge in [-0.3, -0.25) is 14.8 Å². The second-order valence-corrected chi connectivity index (χ2v) is 4.30. The quantitative estimate of drug-likeness (QED) is 0.745. The van der Waals surface area contributed by atoms with Crippen LogP contribution in [0, 0.1) is 0 Å². The average Bonchev–Trinajstić information content (AvgIpc) is 2.69. The van der Waals surface area contributed by atoms with Crippen molar-refractivity contribution in [2.45, 2.75) is 39.0 Å². The lowest BCUT2D eigenvalue weighted by Gasteiger charge is -2.05. The van der Waals surface area contributed by atoms with Gasteiger partial charge >= 0.3 is 5.69 Å². The van der Waals surface area contributed by atoms with Crippen LogP contribution in [0.25, 0.3) is 11.2 Å². The van der Waals surface area contributed by atoms with Gasteiger partial charge in [0, 0.05) is 5.92 Å². The molecule has 6 nitrogen and oxygen atoms in total. The Kier molecular flexibility index (Phi) is 3.12. The summed E-state index contributed by atoms with van der Waals surface area (Å²) in [5, 5.41) is 0. The van der Waals surface area contributed by atoms with Crippen LogP contribution in [-0.4, -0.2) is 19.9 Å². The fourth-order valence-corrected chi connectivity index (χ4v) is 1.83. The predicted octanol–water partition coefficient (Wildman–Crippen LogP) is 1.23. The molecule has 0 radical (unpaired) electrons. The monoisotopic (exact) mass is 236 g/mol. The molecule has 3 N–H and O–H groups in total. The zero-order valence-electron chi connectivity index (χ0n) is 9.96. The summed E-state index contributed by atoms with van der Waals surface area (Å²) in [6.45, 7) is 4.19. The van der Waals surface area contributed by atoms with E-state index >= 15 is 0 Å². The Hall–Kier alpha value is -1.85. The van der Waals surface area contributed by atoms with Crippen LogP contribution in [0.15, 0.2) is 9.59 Å². The molecule has 0 saturated carbocycles. The van der Waals surface area contributed by atoms with E-state index in [9.17, 15) is 9.59 Å². The Bertz CT molecular complexity index is 622. The molecule has 92 valence electrons. The highest BCUT2D eigenvalue weighted by molar-refractivity contribution is 5.68. The number of hydrogen-bond acceptors (Lipinski definition) is 3. The molecule has 0 aliphatic rings. The highest BCUT2D eigenvalue weighted by Gasteiger charge is 2.12. The summed E-state index contributed by atoms with van der Waals surface area (Å²) in [5.41, 5.74) is -0.285. The minimum atomic E-state index is -0.526. The van der Waals surface area contributed by atoms with Crippen molar-refractivity contribution in [3.05, 3.63) is 26.7 Å². The molecule has 0 spiro atoms. The summed E-state index contributed by atoms with van der Waals surface area (Å²) >= 11 is 0. The Morgan fingerprint density at radius 1 is 1.24 bits per heavy atom. The summed E-state index contributed by atoms with van der Waals surface area (Å²) in [4.78, 5) is 34.5. The molecule has 0 fully saturated rings. The third kappa shape index (κ3) is 2.30. The second-order valence-electron chi connectivity index (χ2n) is 4.30. The van der Waals surface area contributed by atoms with E-state index < -0.39 is 11.2 Å². The fraction of sp³-hybridized carbons (Fsp3) is 0.545. The van der Waals surface area contributed by atoms with Crippen molar-refractivity contribution in [3.8, 4) is 0 Å². The molecule has 0 aromatic carbocycles. The van der Waals surface area contributed by atoms with Crippen molar-refractivity contribution in [3.63, 3.8) is 0 Å². The number of aromatic amines is 3. The number of fused-ring (bicyclic) bond motifs is 1. The first kappa shape index (κ1) is 11.6. The molecular weight excluding hydrogens is 220 g/mol. The molecule has 6 heteroatoms. The summed E-state index contributed by atoms with van der Waals surface area (Å²) in [5.74, 6) is 1.01. The minimum Gasteiger partial charge on any atom is -0.336 e. The van der Waals surface area contributed by atoms with E-state index in [-0.39, 0.29) is 5.92 Å². The first-order valence-electron chi connectivity index (χ1n) is 5.84. The van der Waals surface area contributed by atoms with Crippen molar-refractivity contribution >= 4 is 11.2 Å². The Labute approximate surface area is 97.5 Å². The van der Waals surface area contributed by atoms with Gasteiger partial charge < -0.3 is 4.98 Å². The van der Waals surface area contributed by atoms with Crippen LogP contribution in [-0.2, 0) is 0 Å². The van der Waals surface area contributed by atoms with Gasteiger partial charge in [-0.2, -0.15) is 0 Å². The van der Waals surface area contributed by atoms with Crippen LogP contribution in [0.1, 0.15) is 44.9 Å². The van der Waals surface area contributed by atoms with Crippen LogP contribution < -0.4 is 11.2 Å². The Morgan fingerprint density at radius 2 is 2.00 bits per heavy atom. The van der Waals surface area contributed by atoms with Crippen molar-refractivity contribution < 1.29 is 0 Å². The standard InChI is InChI=1S/C11H16N4O2/c1-3-4-5-6(2)8-12-7-9(13-8)14-11(17)15-10(7)16/h6H,3-5H2,1-2H3,(H3,12,13,14,15,16,17). The molecule has 1 unspecified atom stereocenters. The predicted molar refractivity (Wildman–Crippen MR) is 65.3 cm³/mol. The van der Waals surface area contributed by atoms with Gasteiger partial charge in [0.2, 0.25) is 0 Å². The van der Waals surface area contributed by atoms with Gasteiger partial charge in [0.25, 0.3) is 5.56 Å². The summed E-state index contributed by atoms with van der Waals surface area (Å²) in [7, 11) is 0. The van der Waals surface area contributed by atoms with Crippen molar-refractivity contribution in [2.24, 2.45) is 0 Å². The first-order valence-corrected chi connectivity index (χ1v) is 5.84. The van der Waals surface area contributed by atoms with Crippen LogP contribution in [0.5, 0.6) is 0 Å². The van der Waals surface area contributed by atoms with Gasteiger partial charge in [-0.1, -0.05) is 26.7 Å². The zero-order chi connectivity index (χ0) is 12.4. The number of rotatable bonds is 4. The molecule has 0 aliphatic carbocycles. The average molecular weight is 236 g/mol. The number of unbranched alkanes of at least 4 members (excludes halogenated alkanes) is 1. The molecule has 1 atom stereocenters. The van der Waals surface area contributed by atoms with Gasteiger partial charge in [0.15, 0.2) is 5.65 Å². The molecule has 2 aromatic heterocycles. The minimum absolute atomic E-state index is 0.255. The molecule has 0 bridgehead atoms. The molecule has 0 aliphatic heterocycles. The van der Waals surface area contributed by atoms with Crippen LogP contribution in [0.2, 0.25) is 0 Å². The summed E-state index contributed by atoms with van der Waals surface area (Å²) < 4.78 is 0. The van der Waals surface area contributed by atoms with E-state index in [2.05, 4.69) is 33.8 Å². The smallest absolute Gasteiger partial charge is 0.327 e. The number of aromatic nitrogens is 4. The van der Waals surface area contributed by atoms with Crippen LogP contribution in [0.3, 0.4) is 0 Å². The third-order valence-electron chi connectivity index (χ3n) is 2.87. The van der Waals surface area contributed by atoms with Gasteiger partial charge in [0.05, 0.1) is 0 Å². The maximum Gasteiger partial charge on any atom is 0.327 e. The Morgan fingerprint density at radius 3 is 2.71 bits per heavy atom. The summed E-state index contributed by atoms with van der Waals surface area (Å²) in [6, 6.07) is 0. The topological polar surface area (TPSA) is 94.4 Å². The second kappa shape index (κ2) is 4.57. The molecule has 0 amide bonds. The van der Waals surface area contributed by atoms with E-state index in [0.717, 1.165) is 25.1 Å². The molecule has 2 heterocycles. The maximum atomic E-state index is 11.5. The van der Waals surface area contributed by atoms with Crippen molar-refractivity contribution in [1.29, 1.82) is 0 Å². The van der Waals surface area contributed by atoms with Gasteiger partial charge in [0.1, 0.15) is 11.3 Å². The number of H-pyrrole nitrogens is 3. The van der Waals surface area contributed by atoms with Crippen molar-refractivity contribution in [1.82, 2.24) is 19.9 Å². The number of nitrogens with one attached hydrogen (secondary N) is 3. The lowest BCUT2D eigenvalue weighted by Crippen LogP contribution is -2.21. The molecule has 2 aromatic rings. The number of hydrogen-bond donors (Lipinski definition) is 3. The highest BCUT2D eigenvalue weighted by atomic mass is 16.2. The largest absolute Gasteiger partial charge is 0.336 e. The van der Waals surface area contributed by atoms with Crippen LogP contribution in [0.4, 0.5) is 0 Å². The third-order valence-corrected chi connectivity index (χ3v) is 2.87. The zero-order valence-corrected chi connectivity index (χ0v) is 9.96. The normalized spacial score (nSPS) is 13.1. The SMILES string of the molecule is CCCCC(C)c1nc2[nH]c(=O)[nH]c(=O)c2[nH]1.